The van der Waals surface area contributed by atoms with Gasteiger partial charge in [0.2, 0.25) is 0 Å². The molecule has 4 N–H and O–H groups in total. The molecule has 0 saturated heterocycles. The van der Waals surface area contributed by atoms with Gasteiger partial charge in [0.05, 0.1) is 55.2 Å². The quantitative estimate of drug-likeness (QED) is 0.103. The minimum Gasteiger partial charge on any atom is -0.384 e. The van der Waals surface area contributed by atoms with E-state index in [1.54, 1.807) is 12.1 Å². The molecule has 0 aliphatic rings. The lowest BCUT2D eigenvalue weighted by Crippen LogP contribution is -2.06. The zero-order valence-electron chi connectivity index (χ0n) is 52.1. The van der Waals surface area contributed by atoms with Crippen LogP contribution in [0.5, 0.6) is 0 Å². The molecule has 0 heterocycles. The molecule has 450 valence electrons. The van der Waals surface area contributed by atoms with Crippen molar-refractivity contribution in [2.75, 3.05) is 42.8 Å². The molecule has 0 spiro atoms. The van der Waals surface area contributed by atoms with E-state index in [1.165, 1.54) is 16.6 Å². The monoisotopic (exact) mass is 1330 g/mol. The maximum atomic E-state index is 11.6. The Morgan fingerprint density at radius 2 is 0.607 bits per heavy atom. The van der Waals surface area contributed by atoms with E-state index in [1.807, 2.05) is 81.1 Å². The van der Waals surface area contributed by atoms with Crippen molar-refractivity contribution in [2.24, 2.45) is 0 Å². The van der Waals surface area contributed by atoms with Gasteiger partial charge in [-0.05, 0) is 23.5 Å². The number of hydrogen-bond acceptors (Lipinski definition) is 7. The highest BCUT2D eigenvalue weighted by molar-refractivity contribution is 14.1. The topological polar surface area (TPSA) is 124 Å². The van der Waals surface area contributed by atoms with Crippen LogP contribution in [0.3, 0.4) is 0 Å². The first-order chi connectivity index (χ1) is 40.7. The summed E-state index contributed by atoms with van der Waals surface area (Å²) < 4.78 is 29.2. The molecule has 0 aromatic heterocycles. The lowest BCUT2D eigenvalue weighted by molar-refractivity contribution is 0.350. The molecule has 0 unspecified atom stereocenters. The average Bonchev–Trinajstić information content (AvgIpc) is 3.57. The van der Waals surface area contributed by atoms with Crippen LogP contribution in [0.15, 0.2) is 29.2 Å². The highest BCUT2D eigenvalue weighted by atomic mass is 127. The van der Waals surface area contributed by atoms with Gasteiger partial charge in [-0.3, -0.25) is 4.18 Å². The van der Waals surface area contributed by atoms with Gasteiger partial charge >= 0.3 is 0 Å². The molecule has 0 bridgehead atoms. The van der Waals surface area contributed by atoms with Crippen LogP contribution in [0.2, 0.25) is 0 Å². The van der Waals surface area contributed by atoms with Crippen LogP contribution in [-0.2, 0) is 14.3 Å². The normalized spacial score (nSPS) is 6.90. The van der Waals surface area contributed by atoms with E-state index in [4.69, 9.17) is 43.9 Å². The van der Waals surface area contributed by atoms with Crippen LogP contribution in [0.1, 0.15) is 178 Å². The first kappa shape index (κ1) is 98.8. The molecule has 1 aromatic carbocycles. The van der Waals surface area contributed by atoms with Gasteiger partial charge in [0.1, 0.15) is 33.0 Å². The van der Waals surface area contributed by atoms with Crippen molar-refractivity contribution >= 4 is 48.6 Å². The molecule has 0 saturated carbocycles. The summed E-state index contributed by atoms with van der Waals surface area (Å²) in [6.07, 6.45) is 35.8. The predicted octanol–water partition coefficient (Wildman–Crippen LogP) is 13.0. The second-order valence-corrected chi connectivity index (χ2v) is 16.9. The van der Waals surface area contributed by atoms with E-state index < -0.39 is 10.1 Å². The Labute approximate surface area is 538 Å². The molecule has 0 aliphatic heterocycles. The summed E-state index contributed by atoms with van der Waals surface area (Å²) in [4.78, 5) is 0.163. The number of benzene rings is 1. The third kappa shape index (κ3) is 141. The number of aliphatic hydroxyl groups excluding tert-OH is 4. The van der Waals surface area contributed by atoms with Gasteiger partial charge in [-0.2, -0.15) is 8.42 Å². The van der Waals surface area contributed by atoms with Gasteiger partial charge < -0.3 is 20.4 Å². The van der Waals surface area contributed by atoms with Crippen molar-refractivity contribution in [3.05, 3.63) is 29.8 Å². The molecule has 84 heavy (non-hydrogen) atoms. The number of terminal acetylenes is 5. The van der Waals surface area contributed by atoms with E-state index in [2.05, 4.69) is 218 Å². The molecular formula is C74H92BrIO7S. The first-order valence-electron chi connectivity index (χ1n) is 26.9. The fourth-order valence-electron chi connectivity index (χ4n) is 3.17. The van der Waals surface area contributed by atoms with Crippen LogP contribution < -0.4 is 0 Å². The highest BCUT2D eigenvalue weighted by Crippen LogP contribution is 2.12. The second-order valence-electron chi connectivity index (χ2n) is 13.2. The minimum atomic E-state index is -3.66. The van der Waals surface area contributed by atoms with Crippen LogP contribution in [0.25, 0.3) is 0 Å². The van der Waals surface area contributed by atoms with E-state index in [0.717, 1.165) is 56.9 Å². The van der Waals surface area contributed by atoms with Crippen molar-refractivity contribution in [3.8, 4) is 204 Å². The second kappa shape index (κ2) is 111. The summed E-state index contributed by atoms with van der Waals surface area (Å²) >= 11 is 5.30. The van der Waals surface area contributed by atoms with Crippen molar-refractivity contribution in [1.82, 2.24) is 0 Å². The Kier molecular flexibility index (Phi) is 131. The number of aryl methyl sites for hydroxylation is 1. The third-order valence-corrected chi connectivity index (χ3v) is 7.98. The Hall–Kier alpha value is -7.30. The third-order valence-electron chi connectivity index (χ3n) is 6.38. The molecule has 0 aliphatic carbocycles. The van der Waals surface area contributed by atoms with Crippen molar-refractivity contribution < 1.29 is 33.0 Å². The largest absolute Gasteiger partial charge is 0.384 e. The molecule has 0 amide bonds. The number of rotatable bonds is 3. The maximum absolute atomic E-state index is 11.6. The van der Waals surface area contributed by atoms with Crippen LogP contribution in [0, 0.1) is 211 Å². The summed E-state index contributed by atoms with van der Waals surface area (Å²) in [5.74, 6) is 79.6. The predicted molar refractivity (Wildman–Crippen MR) is 373 cm³/mol. The molecule has 1 aromatic rings. The van der Waals surface area contributed by atoms with Gasteiger partial charge in [-0.25, -0.2) is 0 Å². The van der Waals surface area contributed by atoms with Crippen LogP contribution in [-0.4, -0.2) is 71.6 Å². The molecule has 1 rings (SSSR count). The van der Waals surface area contributed by atoms with Crippen molar-refractivity contribution in [2.45, 2.75) is 184 Å². The summed E-state index contributed by atoms with van der Waals surface area (Å²) in [6.45, 7) is 21.4. The molecule has 0 atom stereocenters. The average molecular weight is 1330 g/mol. The van der Waals surface area contributed by atoms with Crippen molar-refractivity contribution in [1.29, 1.82) is 0 Å². The van der Waals surface area contributed by atoms with E-state index in [9.17, 15) is 8.42 Å². The standard InChI is InChI=1S/C12H14O3S.2C12H14.C11H12O.C7H8.C5H8O.C4H6.C3H3Br.2C3H4O.C2H5I/c1-3-4-5-10-15-16(13,14)12-8-6-11(2)7-9-12;2*1-3-5-7-9-11-12-10-8-6-4-2;1-2-3-4-5-6-7-8-9-10-11-12;1-3-5-7-6-4-2;1-2-3-4-5-6;1-3-4-2;3*1-2-3-4;1-2-3/h6-9H,3,10H2,1-2H3;2*3-4,9-10H2,1-2H3;12H,2,5,8,11H2,1H3;1H,4-5H2,2H3;6H,2,5H2,1H3;1H,4H2,2H3;1H,3H2;2*1,4H,3H2;2H2,1H3. The lowest BCUT2D eigenvalue weighted by Gasteiger charge is -2.02. The molecule has 10 heteroatoms. The van der Waals surface area contributed by atoms with Gasteiger partial charge in [-0.1, -0.05) is 244 Å². The Balaban J connectivity index is -0.0000000935. The Morgan fingerprint density at radius 3 is 0.821 bits per heavy atom. The first-order valence-corrected chi connectivity index (χ1v) is 30.9. The van der Waals surface area contributed by atoms with Gasteiger partial charge in [0.15, 0.2) is 0 Å². The Bertz CT molecular complexity index is 2520. The summed E-state index contributed by atoms with van der Waals surface area (Å²) in [6, 6.07) is 6.51. The fourth-order valence-corrected chi connectivity index (χ4v) is 3.99. The molecule has 0 radical (unpaired) electrons. The number of halogens is 2. The SMILES string of the molecule is C#CCBr.C#CCC.C#CCC#CCC.C#CCO.C#CCO.CCC#CCC#CCC#CCC.CCC#CCC#CCC#CCC.CCC#CCC#CCC#CCO.CCC#CCO.CCC#CCOS(=O)(=O)c1ccc(C)cc1.CCI. The molecular weight excluding hydrogens is 1240 g/mol. The van der Waals surface area contributed by atoms with Crippen LogP contribution in [0.4, 0.5) is 0 Å². The van der Waals surface area contributed by atoms with E-state index >= 15 is 0 Å². The zero-order valence-corrected chi connectivity index (χ0v) is 56.7. The minimum absolute atomic E-state index is 0.00611. The molecule has 7 nitrogen and oxygen atoms in total. The zero-order chi connectivity index (χ0) is 66.0. The number of alkyl halides is 2. The van der Waals surface area contributed by atoms with E-state index in [-0.39, 0.29) is 37.9 Å². The summed E-state index contributed by atoms with van der Waals surface area (Å²) in [5.41, 5.74) is 1.00. The molecule has 0 fully saturated rings. The van der Waals surface area contributed by atoms with Crippen LogP contribution >= 0.6 is 38.5 Å². The number of hydrogen-bond donors (Lipinski definition) is 4. The highest BCUT2D eigenvalue weighted by Gasteiger charge is 2.13. The van der Waals surface area contributed by atoms with Gasteiger partial charge in [0, 0.05) is 57.8 Å². The fraction of sp³-hybridized carbons (Fsp3) is 0.459. The smallest absolute Gasteiger partial charge is 0.297 e. The van der Waals surface area contributed by atoms with Gasteiger partial charge in [0.25, 0.3) is 10.1 Å². The number of aliphatic hydroxyl groups is 4. The Morgan fingerprint density at radius 1 is 0.381 bits per heavy atom. The lowest BCUT2D eigenvalue weighted by atomic mass is 10.2. The van der Waals surface area contributed by atoms with E-state index in [0.29, 0.717) is 56.7 Å². The van der Waals surface area contributed by atoms with Gasteiger partial charge in [-0.15, -0.1) is 85.4 Å². The maximum Gasteiger partial charge on any atom is 0.297 e. The summed E-state index contributed by atoms with van der Waals surface area (Å²) in [5, 5.41) is 32.3. The summed E-state index contributed by atoms with van der Waals surface area (Å²) in [7, 11) is -3.66. The van der Waals surface area contributed by atoms with Crippen molar-refractivity contribution in [3.63, 3.8) is 0 Å².